The maximum absolute atomic E-state index is 11.1. The molecule has 1 aliphatic rings. The Hall–Kier alpha value is -2.88. The van der Waals surface area contributed by atoms with Gasteiger partial charge in [-0.25, -0.2) is 4.99 Å². The number of carbonyl (C=O) groups is 2. The average Bonchev–Trinajstić information content (AvgIpc) is 2.29. The Morgan fingerprint density at radius 3 is 2.65 bits per heavy atom. The molecule has 0 spiro atoms. The van der Waals surface area contributed by atoms with Gasteiger partial charge in [0.1, 0.15) is 11.6 Å². The summed E-state index contributed by atoms with van der Waals surface area (Å²) in [5.74, 6) is -1.79. The van der Waals surface area contributed by atoms with Crippen LogP contribution in [0.1, 0.15) is 5.56 Å². The number of amides is 1. The fourth-order valence-electron chi connectivity index (χ4n) is 1.41. The van der Waals surface area contributed by atoms with E-state index in [2.05, 4.69) is 4.99 Å². The van der Waals surface area contributed by atoms with E-state index in [1.54, 1.807) is 6.07 Å². The van der Waals surface area contributed by atoms with Gasteiger partial charge in [-0.1, -0.05) is 0 Å². The van der Waals surface area contributed by atoms with Gasteiger partial charge >= 0.3 is 5.91 Å². The Morgan fingerprint density at radius 1 is 1.35 bits per heavy atom. The minimum Gasteiger partial charge on any atom is -0.284 e. The first-order chi connectivity index (χ1) is 8.02. The molecule has 0 bridgehead atoms. The molecule has 0 fully saturated rings. The number of nitro benzene ring substituents is 1. The molecule has 0 radical (unpaired) electrons. The summed E-state index contributed by atoms with van der Waals surface area (Å²) < 4.78 is 0. The molecule has 1 heterocycles. The number of hydrogen-bond acceptors (Lipinski definition) is 5. The molecule has 0 atom stereocenters. The number of Topliss-reactive ketones (excluding diaryl/α,β-unsaturated/α-hetero) is 1. The summed E-state index contributed by atoms with van der Waals surface area (Å²) in [4.78, 5) is 35.4. The van der Waals surface area contributed by atoms with Crippen molar-refractivity contribution in [2.75, 3.05) is 0 Å². The molecule has 7 nitrogen and oxygen atoms in total. The van der Waals surface area contributed by atoms with Gasteiger partial charge in [0.05, 0.1) is 10.3 Å². The van der Waals surface area contributed by atoms with Crippen molar-refractivity contribution in [2.24, 2.45) is 4.99 Å². The lowest BCUT2D eigenvalue weighted by atomic mass is 10.1. The van der Waals surface area contributed by atoms with Gasteiger partial charge in [-0.15, -0.1) is 0 Å². The number of fused-ring (bicyclic) bond motifs is 1. The van der Waals surface area contributed by atoms with Crippen LogP contribution < -0.4 is 10.6 Å². The zero-order valence-electron chi connectivity index (χ0n) is 8.21. The van der Waals surface area contributed by atoms with Crippen molar-refractivity contribution in [2.45, 2.75) is 0 Å². The number of hydrogen-bond donors (Lipinski definition) is 0. The first kappa shape index (κ1) is 10.6. The first-order valence-corrected chi connectivity index (χ1v) is 4.40. The van der Waals surface area contributed by atoms with Crippen molar-refractivity contribution in [1.29, 1.82) is 5.26 Å². The third kappa shape index (κ3) is 1.68. The van der Waals surface area contributed by atoms with Crippen molar-refractivity contribution in [3.05, 3.63) is 38.4 Å². The molecule has 1 aromatic rings. The summed E-state index contributed by atoms with van der Waals surface area (Å²) in [6.07, 6.45) is 1.01. The van der Waals surface area contributed by atoms with Gasteiger partial charge in [0.15, 0.2) is 0 Å². The standard InChI is InChI=1S/C10H3N3O4/c11-4-6-1-5-2-9(14)10(15)12-7(5)3-8(6)13(16)17/h1-3H. The van der Waals surface area contributed by atoms with Crippen LogP contribution in [0.25, 0.3) is 6.08 Å². The molecule has 1 aliphatic heterocycles. The number of ketones is 1. The molecular weight excluding hydrogens is 226 g/mol. The molecule has 0 aromatic heterocycles. The molecule has 0 saturated carbocycles. The SMILES string of the molecule is N#Cc1cc2c(cc1[N+](=O)[O-])=NC(=O)C(=O)C=2. The molecule has 17 heavy (non-hydrogen) atoms. The van der Waals surface area contributed by atoms with Crippen LogP contribution in [0.15, 0.2) is 17.1 Å². The third-order valence-corrected chi connectivity index (χ3v) is 2.18. The number of benzene rings is 1. The van der Waals surface area contributed by atoms with Gasteiger partial charge in [0.25, 0.3) is 5.69 Å². The van der Waals surface area contributed by atoms with E-state index in [1.165, 1.54) is 6.07 Å². The minimum atomic E-state index is -0.975. The summed E-state index contributed by atoms with van der Waals surface area (Å²) >= 11 is 0. The number of rotatable bonds is 1. The number of nitrogens with zero attached hydrogens (tertiary/aromatic N) is 3. The highest BCUT2D eigenvalue weighted by molar-refractivity contribution is 6.48. The molecule has 1 aromatic carbocycles. The van der Waals surface area contributed by atoms with Crippen LogP contribution in [-0.4, -0.2) is 16.6 Å². The Balaban J connectivity index is 2.88. The number of carbonyl (C=O) groups excluding carboxylic acids is 2. The van der Waals surface area contributed by atoms with Crippen molar-refractivity contribution >= 4 is 23.5 Å². The predicted octanol–water partition coefficient (Wildman–Crippen LogP) is -1.02. The maximum atomic E-state index is 11.1. The topological polar surface area (TPSA) is 113 Å². The second-order valence-corrected chi connectivity index (χ2v) is 3.22. The van der Waals surface area contributed by atoms with E-state index in [0.717, 1.165) is 12.1 Å². The van der Waals surface area contributed by atoms with Gasteiger partial charge in [0, 0.05) is 17.4 Å². The van der Waals surface area contributed by atoms with Crippen molar-refractivity contribution in [1.82, 2.24) is 0 Å². The summed E-state index contributed by atoms with van der Waals surface area (Å²) in [7, 11) is 0. The van der Waals surface area contributed by atoms with Crippen molar-refractivity contribution < 1.29 is 14.5 Å². The van der Waals surface area contributed by atoms with Crippen LogP contribution in [0.5, 0.6) is 0 Å². The average molecular weight is 229 g/mol. The monoisotopic (exact) mass is 229 g/mol. The van der Waals surface area contributed by atoms with E-state index < -0.39 is 22.3 Å². The largest absolute Gasteiger partial charge is 0.317 e. The predicted molar refractivity (Wildman–Crippen MR) is 53.1 cm³/mol. The molecule has 0 saturated heterocycles. The minimum absolute atomic E-state index is 0.0281. The second-order valence-electron chi connectivity index (χ2n) is 3.22. The van der Waals surface area contributed by atoms with Gasteiger partial charge in [-0.2, -0.15) is 5.26 Å². The lowest BCUT2D eigenvalue weighted by Gasteiger charge is -1.99. The Labute approximate surface area is 93.5 Å². The van der Waals surface area contributed by atoms with E-state index in [9.17, 15) is 19.7 Å². The molecule has 2 rings (SSSR count). The van der Waals surface area contributed by atoms with E-state index in [1.807, 2.05) is 0 Å². The molecule has 7 heteroatoms. The van der Waals surface area contributed by atoms with Crippen LogP contribution in [0.4, 0.5) is 5.69 Å². The van der Waals surface area contributed by atoms with Gasteiger partial charge in [0.2, 0.25) is 5.78 Å². The van der Waals surface area contributed by atoms with Crippen LogP contribution in [0.2, 0.25) is 0 Å². The Morgan fingerprint density at radius 2 is 2.06 bits per heavy atom. The normalized spacial score (nSPS) is 13.1. The maximum Gasteiger partial charge on any atom is 0.317 e. The highest BCUT2D eigenvalue weighted by Gasteiger charge is 2.19. The van der Waals surface area contributed by atoms with Crippen LogP contribution in [-0.2, 0) is 9.59 Å². The van der Waals surface area contributed by atoms with Crippen molar-refractivity contribution in [3.8, 4) is 6.07 Å². The summed E-state index contributed by atoms with van der Waals surface area (Å²) in [5.41, 5.74) is -0.618. The van der Waals surface area contributed by atoms with E-state index in [4.69, 9.17) is 5.26 Å². The zero-order chi connectivity index (χ0) is 12.6. The fraction of sp³-hybridized carbons (Fsp3) is 0. The Bertz CT molecular complexity index is 727. The van der Waals surface area contributed by atoms with E-state index in [-0.39, 0.29) is 16.1 Å². The number of nitriles is 1. The van der Waals surface area contributed by atoms with Crippen LogP contribution in [0, 0.1) is 21.4 Å². The first-order valence-electron chi connectivity index (χ1n) is 4.40. The second kappa shape index (κ2) is 3.61. The van der Waals surface area contributed by atoms with Gasteiger partial charge < -0.3 is 0 Å². The highest BCUT2D eigenvalue weighted by atomic mass is 16.6. The Kier molecular flexibility index (Phi) is 2.25. The quantitative estimate of drug-likeness (QED) is 0.347. The molecule has 0 aliphatic carbocycles. The molecule has 0 unspecified atom stereocenters. The van der Waals surface area contributed by atoms with Crippen LogP contribution >= 0.6 is 0 Å². The molecule has 0 N–H and O–H groups in total. The summed E-state index contributed by atoms with van der Waals surface area (Å²) in [6.45, 7) is 0. The van der Waals surface area contributed by atoms with Crippen molar-refractivity contribution in [3.63, 3.8) is 0 Å². The highest BCUT2D eigenvalue weighted by Crippen LogP contribution is 2.12. The van der Waals surface area contributed by atoms with Gasteiger partial charge in [-0.05, 0) is 6.07 Å². The molecule has 82 valence electrons. The zero-order valence-corrected chi connectivity index (χ0v) is 8.21. The fourth-order valence-corrected chi connectivity index (χ4v) is 1.41. The number of nitro groups is 1. The van der Waals surface area contributed by atoms with E-state index in [0.29, 0.717) is 0 Å². The van der Waals surface area contributed by atoms with Crippen LogP contribution in [0.3, 0.4) is 0 Å². The third-order valence-electron chi connectivity index (χ3n) is 2.18. The van der Waals surface area contributed by atoms with E-state index >= 15 is 0 Å². The lowest BCUT2D eigenvalue weighted by molar-refractivity contribution is -0.385. The molecular formula is C10H3N3O4. The lowest BCUT2D eigenvalue weighted by Crippen LogP contribution is -2.34. The van der Waals surface area contributed by atoms with Gasteiger partial charge in [-0.3, -0.25) is 19.7 Å². The summed E-state index contributed by atoms with van der Waals surface area (Å²) in [5, 5.41) is 19.7. The summed E-state index contributed by atoms with van der Waals surface area (Å²) in [6, 6.07) is 3.83. The molecule has 1 amide bonds. The smallest absolute Gasteiger partial charge is 0.284 e.